The van der Waals surface area contributed by atoms with E-state index in [1.165, 1.54) is 5.56 Å². The number of aliphatic hydroxyl groups excluding tert-OH is 1. The van der Waals surface area contributed by atoms with Crippen molar-refractivity contribution in [2.45, 2.75) is 25.9 Å². The topological polar surface area (TPSA) is 67.5 Å². The second-order valence-electron chi connectivity index (χ2n) is 4.08. The Morgan fingerprint density at radius 1 is 1.44 bits per heavy atom. The van der Waals surface area contributed by atoms with Gasteiger partial charge in [-0.25, -0.2) is 0 Å². The Balaban J connectivity index is 3.06. The van der Waals surface area contributed by atoms with E-state index in [9.17, 15) is 5.11 Å². The Hall–Kier alpha value is -1.10. The molecule has 0 aliphatic carbocycles. The maximum absolute atomic E-state index is 9.92. The lowest BCUT2D eigenvalue weighted by molar-refractivity contribution is 0.171. The minimum absolute atomic E-state index is 0.303. The molecular formula is C12H20N2O2. The number of hydrogen-bond acceptors (Lipinski definition) is 4. The molecule has 1 atom stereocenters. The van der Waals surface area contributed by atoms with Gasteiger partial charge in [0.25, 0.3) is 0 Å². The van der Waals surface area contributed by atoms with Crippen LogP contribution in [0.1, 0.15) is 37.0 Å². The molecule has 16 heavy (non-hydrogen) atoms. The number of ether oxygens (including phenoxy) is 1. The summed E-state index contributed by atoms with van der Waals surface area (Å²) in [5.74, 6) is 6.31. The second-order valence-corrected chi connectivity index (χ2v) is 4.08. The first-order valence-corrected chi connectivity index (χ1v) is 5.39. The van der Waals surface area contributed by atoms with E-state index >= 15 is 0 Å². The molecule has 0 spiro atoms. The van der Waals surface area contributed by atoms with Crippen molar-refractivity contribution in [1.29, 1.82) is 0 Å². The quantitative estimate of drug-likeness (QED) is 0.521. The lowest BCUT2D eigenvalue weighted by atomic mass is 9.98. The highest BCUT2D eigenvalue weighted by atomic mass is 16.5. The van der Waals surface area contributed by atoms with Gasteiger partial charge in [-0.05, 0) is 23.6 Å². The van der Waals surface area contributed by atoms with Crippen molar-refractivity contribution in [2.75, 3.05) is 13.7 Å². The van der Waals surface area contributed by atoms with E-state index in [0.29, 0.717) is 18.2 Å². The molecule has 0 amide bonds. The largest absolute Gasteiger partial charge is 0.496 e. The van der Waals surface area contributed by atoms with Crippen LogP contribution < -0.4 is 16.0 Å². The van der Waals surface area contributed by atoms with Gasteiger partial charge in [0.2, 0.25) is 0 Å². The summed E-state index contributed by atoms with van der Waals surface area (Å²) >= 11 is 0. The number of hydrazine groups is 1. The SMILES string of the molecule is COc1ccc(C(C)C)cc1C(O)CNN. The Bertz CT molecular complexity index is 340. The fraction of sp³-hybridized carbons (Fsp3) is 0.500. The van der Waals surface area contributed by atoms with Crippen molar-refractivity contribution in [3.8, 4) is 5.75 Å². The monoisotopic (exact) mass is 224 g/mol. The molecule has 0 radical (unpaired) electrons. The van der Waals surface area contributed by atoms with Crippen LogP contribution >= 0.6 is 0 Å². The predicted molar refractivity (Wildman–Crippen MR) is 64.2 cm³/mol. The molecule has 4 N–H and O–H groups in total. The molecule has 0 aliphatic heterocycles. The Morgan fingerprint density at radius 3 is 2.62 bits per heavy atom. The van der Waals surface area contributed by atoms with E-state index in [0.717, 1.165) is 5.56 Å². The fourth-order valence-electron chi connectivity index (χ4n) is 1.59. The third kappa shape index (κ3) is 2.95. The number of methoxy groups -OCH3 is 1. The van der Waals surface area contributed by atoms with E-state index in [-0.39, 0.29) is 0 Å². The van der Waals surface area contributed by atoms with E-state index < -0.39 is 6.10 Å². The zero-order valence-corrected chi connectivity index (χ0v) is 10.0. The summed E-state index contributed by atoms with van der Waals surface area (Å²) in [4.78, 5) is 0. The molecule has 0 heterocycles. The molecule has 4 nitrogen and oxygen atoms in total. The summed E-state index contributed by atoms with van der Waals surface area (Å²) in [5.41, 5.74) is 4.40. The number of nitrogens with one attached hydrogen (secondary N) is 1. The van der Waals surface area contributed by atoms with Crippen LogP contribution in [0.25, 0.3) is 0 Å². The first-order chi connectivity index (χ1) is 7.60. The fourth-order valence-corrected chi connectivity index (χ4v) is 1.59. The van der Waals surface area contributed by atoms with E-state index in [2.05, 4.69) is 19.3 Å². The third-order valence-electron chi connectivity index (χ3n) is 2.59. The molecule has 0 aromatic heterocycles. The van der Waals surface area contributed by atoms with Gasteiger partial charge in [0.1, 0.15) is 5.75 Å². The van der Waals surface area contributed by atoms with E-state index in [1.54, 1.807) is 7.11 Å². The summed E-state index contributed by atoms with van der Waals surface area (Å²) in [6.45, 7) is 4.52. The van der Waals surface area contributed by atoms with Gasteiger partial charge in [0, 0.05) is 12.1 Å². The van der Waals surface area contributed by atoms with Crippen molar-refractivity contribution in [3.05, 3.63) is 29.3 Å². The van der Waals surface area contributed by atoms with Gasteiger partial charge in [-0.15, -0.1) is 0 Å². The van der Waals surface area contributed by atoms with E-state index in [4.69, 9.17) is 10.6 Å². The highest BCUT2D eigenvalue weighted by Crippen LogP contribution is 2.28. The lowest BCUT2D eigenvalue weighted by Gasteiger charge is -2.17. The zero-order valence-electron chi connectivity index (χ0n) is 10.0. The Kier molecular flexibility index (Phi) is 4.73. The third-order valence-corrected chi connectivity index (χ3v) is 2.59. The van der Waals surface area contributed by atoms with Gasteiger partial charge in [-0.1, -0.05) is 19.9 Å². The summed E-state index contributed by atoms with van der Waals surface area (Å²) in [5, 5.41) is 9.92. The molecule has 0 fully saturated rings. The lowest BCUT2D eigenvalue weighted by Crippen LogP contribution is -2.27. The van der Waals surface area contributed by atoms with Crippen molar-refractivity contribution in [3.63, 3.8) is 0 Å². The van der Waals surface area contributed by atoms with E-state index in [1.807, 2.05) is 18.2 Å². The molecular weight excluding hydrogens is 204 g/mol. The van der Waals surface area contributed by atoms with Crippen LogP contribution in [0.3, 0.4) is 0 Å². The first kappa shape index (κ1) is 13.0. The normalized spacial score (nSPS) is 12.9. The standard InChI is InChI=1S/C12H20N2O2/c1-8(2)9-4-5-12(16-3)10(6-9)11(15)7-14-13/h4-6,8,11,14-15H,7,13H2,1-3H3. The van der Waals surface area contributed by atoms with Crippen LogP contribution in [0.15, 0.2) is 18.2 Å². The summed E-state index contributed by atoms with van der Waals surface area (Å²) in [7, 11) is 1.59. The number of nitrogens with two attached hydrogens (primary N) is 1. The number of aliphatic hydroxyl groups is 1. The molecule has 1 rings (SSSR count). The van der Waals surface area contributed by atoms with Crippen LogP contribution in [-0.4, -0.2) is 18.8 Å². The van der Waals surface area contributed by atoms with Crippen LogP contribution in [0, 0.1) is 0 Å². The smallest absolute Gasteiger partial charge is 0.124 e. The van der Waals surface area contributed by atoms with Crippen LogP contribution in [-0.2, 0) is 0 Å². The highest BCUT2D eigenvalue weighted by molar-refractivity contribution is 5.40. The number of benzene rings is 1. The van der Waals surface area contributed by atoms with Crippen molar-refractivity contribution in [2.24, 2.45) is 5.84 Å². The van der Waals surface area contributed by atoms with Gasteiger partial charge in [0.05, 0.1) is 13.2 Å². The van der Waals surface area contributed by atoms with Crippen LogP contribution in [0.4, 0.5) is 0 Å². The molecule has 1 aromatic carbocycles. The molecule has 90 valence electrons. The van der Waals surface area contributed by atoms with Gasteiger partial charge in [0.15, 0.2) is 0 Å². The average molecular weight is 224 g/mol. The first-order valence-electron chi connectivity index (χ1n) is 5.39. The Morgan fingerprint density at radius 2 is 2.12 bits per heavy atom. The Labute approximate surface area is 96.4 Å². The van der Waals surface area contributed by atoms with Crippen molar-refractivity contribution in [1.82, 2.24) is 5.43 Å². The minimum Gasteiger partial charge on any atom is -0.496 e. The number of rotatable bonds is 5. The molecule has 1 unspecified atom stereocenters. The van der Waals surface area contributed by atoms with Gasteiger partial charge in [-0.3, -0.25) is 11.3 Å². The predicted octanol–water partition coefficient (Wildman–Crippen LogP) is 1.32. The second kappa shape index (κ2) is 5.84. The molecule has 0 saturated carbocycles. The van der Waals surface area contributed by atoms with Gasteiger partial charge in [-0.2, -0.15) is 0 Å². The maximum atomic E-state index is 9.92. The molecule has 0 aliphatic rings. The summed E-state index contributed by atoms with van der Waals surface area (Å²) in [6.07, 6.45) is -0.654. The van der Waals surface area contributed by atoms with Gasteiger partial charge >= 0.3 is 0 Å². The molecule has 0 bridgehead atoms. The number of hydrogen-bond donors (Lipinski definition) is 3. The van der Waals surface area contributed by atoms with Crippen molar-refractivity contribution < 1.29 is 9.84 Å². The van der Waals surface area contributed by atoms with Gasteiger partial charge < -0.3 is 9.84 Å². The minimum atomic E-state index is -0.654. The summed E-state index contributed by atoms with van der Waals surface area (Å²) < 4.78 is 5.22. The molecule has 0 saturated heterocycles. The highest BCUT2D eigenvalue weighted by Gasteiger charge is 2.14. The summed E-state index contributed by atoms with van der Waals surface area (Å²) in [6, 6.07) is 5.85. The van der Waals surface area contributed by atoms with Crippen LogP contribution in [0.5, 0.6) is 5.75 Å². The molecule has 1 aromatic rings. The average Bonchev–Trinajstić information content (AvgIpc) is 2.28. The maximum Gasteiger partial charge on any atom is 0.124 e. The molecule has 4 heteroatoms. The van der Waals surface area contributed by atoms with Crippen molar-refractivity contribution >= 4 is 0 Å². The zero-order chi connectivity index (χ0) is 12.1. The van der Waals surface area contributed by atoms with Crippen LogP contribution in [0.2, 0.25) is 0 Å².